The summed E-state index contributed by atoms with van der Waals surface area (Å²) in [5.74, 6) is -0.0615. The van der Waals surface area contributed by atoms with Crippen LogP contribution in [0.15, 0.2) is 60.7 Å². The fourth-order valence-corrected chi connectivity index (χ4v) is 2.39. The molecule has 0 radical (unpaired) electrons. The quantitative estimate of drug-likeness (QED) is 0.482. The van der Waals surface area contributed by atoms with Gasteiger partial charge in [0.2, 0.25) is 0 Å². The SMILES string of the molecule is CCC(S)N(C(=O)/C=C/c1ccc(C)cc1)c1ccccc1. The molecule has 2 aromatic carbocycles. The third kappa shape index (κ3) is 4.25. The Bertz CT molecular complexity index is 634. The van der Waals surface area contributed by atoms with Crippen LogP contribution in [0.4, 0.5) is 5.69 Å². The van der Waals surface area contributed by atoms with Crippen LogP contribution in [0.3, 0.4) is 0 Å². The van der Waals surface area contributed by atoms with E-state index in [0.717, 1.165) is 17.7 Å². The molecule has 0 aromatic heterocycles. The number of anilines is 1. The van der Waals surface area contributed by atoms with Gasteiger partial charge in [0.05, 0.1) is 5.37 Å². The first-order valence-corrected chi connectivity index (χ1v) is 7.94. The lowest BCUT2D eigenvalue weighted by atomic mass is 10.1. The molecule has 0 bridgehead atoms. The first kappa shape index (κ1) is 16.4. The largest absolute Gasteiger partial charge is 0.297 e. The van der Waals surface area contributed by atoms with Gasteiger partial charge in [0, 0.05) is 11.8 Å². The number of benzene rings is 2. The molecule has 1 amide bonds. The highest BCUT2D eigenvalue weighted by atomic mass is 32.1. The van der Waals surface area contributed by atoms with Gasteiger partial charge in [-0.25, -0.2) is 0 Å². The first-order chi connectivity index (χ1) is 10.6. The van der Waals surface area contributed by atoms with Crippen LogP contribution >= 0.6 is 12.6 Å². The second-order valence-corrected chi connectivity index (χ2v) is 5.77. The number of carbonyl (C=O) groups is 1. The maximum absolute atomic E-state index is 12.6. The molecule has 0 aliphatic rings. The van der Waals surface area contributed by atoms with Crippen molar-refractivity contribution in [3.8, 4) is 0 Å². The van der Waals surface area contributed by atoms with Crippen molar-refractivity contribution in [3.05, 3.63) is 71.8 Å². The molecule has 0 N–H and O–H groups in total. The summed E-state index contributed by atoms with van der Waals surface area (Å²) < 4.78 is 0. The third-order valence-electron chi connectivity index (χ3n) is 3.43. The maximum atomic E-state index is 12.6. The number of nitrogens with zero attached hydrogens (tertiary/aromatic N) is 1. The minimum atomic E-state index is -0.141. The van der Waals surface area contributed by atoms with Gasteiger partial charge in [-0.05, 0) is 37.1 Å². The predicted octanol–water partition coefficient (Wildman–Crippen LogP) is 4.71. The summed E-state index contributed by atoms with van der Waals surface area (Å²) in [6.07, 6.45) is 4.23. The molecule has 2 rings (SSSR count). The van der Waals surface area contributed by atoms with Gasteiger partial charge in [-0.15, -0.1) is 0 Å². The number of carbonyl (C=O) groups excluding carboxylic acids is 1. The molecule has 1 unspecified atom stereocenters. The second-order valence-electron chi connectivity index (χ2n) is 5.18. The zero-order valence-corrected chi connectivity index (χ0v) is 13.8. The summed E-state index contributed by atoms with van der Waals surface area (Å²) in [5.41, 5.74) is 3.08. The Morgan fingerprint density at radius 3 is 2.36 bits per heavy atom. The van der Waals surface area contributed by atoms with Gasteiger partial charge < -0.3 is 0 Å². The van der Waals surface area contributed by atoms with Crippen LogP contribution in [0.1, 0.15) is 24.5 Å². The number of para-hydroxylation sites is 1. The minimum absolute atomic E-state index is 0.0615. The summed E-state index contributed by atoms with van der Waals surface area (Å²) >= 11 is 4.54. The molecule has 0 fully saturated rings. The number of aryl methyl sites for hydroxylation is 1. The molecule has 1 atom stereocenters. The Balaban J connectivity index is 2.21. The van der Waals surface area contributed by atoms with E-state index in [2.05, 4.69) is 12.6 Å². The topological polar surface area (TPSA) is 20.3 Å². The van der Waals surface area contributed by atoms with Gasteiger partial charge in [-0.1, -0.05) is 55.0 Å². The smallest absolute Gasteiger partial charge is 0.251 e. The average Bonchev–Trinajstić information content (AvgIpc) is 2.55. The van der Waals surface area contributed by atoms with E-state index in [1.54, 1.807) is 11.0 Å². The molecule has 2 nitrogen and oxygen atoms in total. The van der Waals surface area contributed by atoms with Crippen molar-refractivity contribution in [3.63, 3.8) is 0 Å². The van der Waals surface area contributed by atoms with Gasteiger partial charge in [-0.2, -0.15) is 12.6 Å². The van der Waals surface area contributed by atoms with Gasteiger partial charge in [0.25, 0.3) is 5.91 Å². The monoisotopic (exact) mass is 311 g/mol. The molecule has 0 heterocycles. The predicted molar refractivity (Wildman–Crippen MR) is 97.2 cm³/mol. The number of hydrogen-bond acceptors (Lipinski definition) is 2. The van der Waals surface area contributed by atoms with Crippen molar-refractivity contribution >= 4 is 30.3 Å². The molecule has 0 spiro atoms. The van der Waals surface area contributed by atoms with Crippen LogP contribution in [-0.2, 0) is 4.79 Å². The van der Waals surface area contributed by atoms with E-state index in [9.17, 15) is 4.79 Å². The molecular formula is C19H21NOS. The van der Waals surface area contributed by atoms with E-state index in [0.29, 0.717) is 0 Å². The lowest BCUT2D eigenvalue weighted by Crippen LogP contribution is -2.35. The number of amides is 1. The highest BCUT2D eigenvalue weighted by Gasteiger charge is 2.19. The summed E-state index contributed by atoms with van der Waals surface area (Å²) in [7, 11) is 0. The number of thiol groups is 1. The first-order valence-electron chi connectivity index (χ1n) is 7.43. The third-order valence-corrected chi connectivity index (χ3v) is 4.03. The fourth-order valence-electron chi connectivity index (χ4n) is 2.14. The Kier molecular flexibility index (Phi) is 5.84. The van der Waals surface area contributed by atoms with Gasteiger partial charge in [-0.3, -0.25) is 9.69 Å². The van der Waals surface area contributed by atoms with Crippen LogP contribution < -0.4 is 4.90 Å². The molecule has 114 valence electrons. The van der Waals surface area contributed by atoms with Crippen molar-refractivity contribution in [2.45, 2.75) is 25.6 Å². The summed E-state index contributed by atoms with van der Waals surface area (Å²) in [5, 5.41) is -0.141. The highest BCUT2D eigenvalue weighted by molar-refractivity contribution is 7.81. The van der Waals surface area contributed by atoms with E-state index in [1.165, 1.54) is 5.56 Å². The Morgan fingerprint density at radius 1 is 1.14 bits per heavy atom. The van der Waals surface area contributed by atoms with Crippen molar-refractivity contribution in [1.29, 1.82) is 0 Å². The molecule has 2 aromatic rings. The van der Waals surface area contributed by atoms with Crippen LogP contribution in [0.2, 0.25) is 0 Å². The number of hydrogen-bond donors (Lipinski definition) is 1. The minimum Gasteiger partial charge on any atom is -0.297 e. The van der Waals surface area contributed by atoms with Crippen LogP contribution in [0.5, 0.6) is 0 Å². The molecule has 0 saturated carbocycles. The second kappa shape index (κ2) is 7.85. The zero-order valence-electron chi connectivity index (χ0n) is 12.9. The van der Waals surface area contributed by atoms with E-state index in [4.69, 9.17) is 0 Å². The van der Waals surface area contributed by atoms with Gasteiger partial charge in [0.1, 0.15) is 0 Å². The summed E-state index contributed by atoms with van der Waals surface area (Å²) in [6, 6.07) is 17.7. The zero-order chi connectivity index (χ0) is 15.9. The van der Waals surface area contributed by atoms with Gasteiger partial charge >= 0.3 is 0 Å². The van der Waals surface area contributed by atoms with Crippen LogP contribution in [-0.4, -0.2) is 11.3 Å². The molecule has 0 aliphatic heterocycles. The highest BCUT2D eigenvalue weighted by Crippen LogP contribution is 2.21. The van der Waals surface area contributed by atoms with E-state index in [1.807, 2.05) is 74.5 Å². The molecule has 0 aliphatic carbocycles. The van der Waals surface area contributed by atoms with E-state index in [-0.39, 0.29) is 11.3 Å². The lowest BCUT2D eigenvalue weighted by molar-refractivity contribution is -0.114. The Hall–Kier alpha value is -2.00. The van der Waals surface area contributed by atoms with E-state index < -0.39 is 0 Å². The molecule has 3 heteroatoms. The van der Waals surface area contributed by atoms with Gasteiger partial charge in [0.15, 0.2) is 0 Å². The average molecular weight is 311 g/mol. The lowest BCUT2D eigenvalue weighted by Gasteiger charge is -2.26. The van der Waals surface area contributed by atoms with Crippen molar-refractivity contribution in [2.75, 3.05) is 4.90 Å². The van der Waals surface area contributed by atoms with Crippen molar-refractivity contribution < 1.29 is 4.79 Å². The Morgan fingerprint density at radius 2 is 1.77 bits per heavy atom. The number of rotatable bonds is 5. The summed E-state index contributed by atoms with van der Waals surface area (Å²) in [4.78, 5) is 14.3. The maximum Gasteiger partial charge on any atom is 0.251 e. The van der Waals surface area contributed by atoms with E-state index >= 15 is 0 Å². The molecule has 22 heavy (non-hydrogen) atoms. The van der Waals surface area contributed by atoms with Crippen molar-refractivity contribution in [1.82, 2.24) is 0 Å². The van der Waals surface area contributed by atoms with Crippen molar-refractivity contribution in [2.24, 2.45) is 0 Å². The normalized spacial score (nSPS) is 12.3. The Labute approximate surface area is 137 Å². The molecular weight excluding hydrogens is 290 g/mol. The van der Waals surface area contributed by atoms with Crippen LogP contribution in [0.25, 0.3) is 6.08 Å². The standard InChI is InChI=1S/C19H21NOS/c1-3-19(22)20(17-7-5-4-6-8-17)18(21)14-13-16-11-9-15(2)10-12-16/h4-14,19,22H,3H2,1-2H3/b14-13+. The molecule has 0 saturated heterocycles. The fraction of sp³-hybridized carbons (Fsp3) is 0.211. The van der Waals surface area contributed by atoms with Crippen LogP contribution in [0, 0.1) is 6.92 Å². The summed E-state index contributed by atoms with van der Waals surface area (Å²) in [6.45, 7) is 4.06.